The van der Waals surface area contributed by atoms with E-state index < -0.39 is 17.1 Å². The van der Waals surface area contributed by atoms with Crippen LogP contribution in [0.1, 0.15) is 25.5 Å². The van der Waals surface area contributed by atoms with Crippen LogP contribution in [0.4, 0.5) is 5.69 Å². The van der Waals surface area contributed by atoms with Gasteiger partial charge in [0, 0.05) is 24.7 Å². The van der Waals surface area contributed by atoms with Crippen LogP contribution >= 0.6 is 0 Å². The van der Waals surface area contributed by atoms with Gasteiger partial charge in [0.15, 0.2) is 6.10 Å². The van der Waals surface area contributed by atoms with E-state index in [2.05, 4.69) is 5.32 Å². The Bertz CT molecular complexity index is 487. The molecule has 104 valence electrons. The topological polar surface area (TPSA) is 102 Å². The molecule has 0 saturated heterocycles. The van der Waals surface area contributed by atoms with Crippen molar-refractivity contribution in [2.24, 2.45) is 0 Å². The molecule has 0 radical (unpaired) electrons. The maximum Gasteiger partial charge on any atom is 0.270 e. The van der Waals surface area contributed by atoms with Gasteiger partial charge in [0.2, 0.25) is 0 Å². The number of non-ortho nitro benzene ring substituents is 1. The predicted molar refractivity (Wildman–Crippen MR) is 67.9 cm³/mol. The lowest BCUT2D eigenvalue weighted by Crippen LogP contribution is -2.34. The fourth-order valence-electron chi connectivity index (χ4n) is 1.53. The van der Waals surface area contributed by atoms with Gasteiger partial charge < -0.3 is 15.2 Å². The summed E-state index contributed by atoms with van der Waals surface area (Å²) in [6.45, 7) is 3.02. The number of amides is 1. The number of nitro benzene ring substituents is 1. The summed E-state index contributed by atoms with van der Waals surface area (Å²) in [5, 5.41) is 22.7. The number of carbonyl (C=O) groups excluding carboxylic acids is 1. The normalized spacial score (nSPS) is 13.5. The lowest BCUT2D eigenvalue weighted by molar-refractivity contribution is -0.385. The van der Waals surface area contributed by atoms with Crippen LogP contribution in [0.15, 0.2) is 18.2 Å². The highest BCUT2D eigenvalue weighted by Crippen LogP contribution is 2.29. The van der Waals surface area contributed by atoms with Crippen molar-refractivity contribution < 1.29 is 19.6 Å². The van der Waals surface area contributed by atoms with Crippen molar-refractivity contribution in [3.05, 3.63) is 33.9 Å². The van der Waals surface area contributed by atoms with E-state index in [1.807, 2.05) is 0 Å². The standard InChI is InChI=1S/C12H16N2O5/c1-7(15)10-6-9(14(17)18)4-5-11(10)19-8(2)12(16)13-3/h4-8,15H,1-3H3,(H,13,16)/t7-,8?/m1/s1. The van der Waals surface area contributed by atoms with Crippen molar-refractivity contribution in [2.75, 3.05) is 7.05 Å². The predicted octanol–water partition coefficient (Wildman–Crippen LogP) is 1.16. The highest BCUT2D eigenvalue weighted by Gasteiger charge is 2.19. The number of hydrogen-bond acceptors (Lipinski definition) is 5. The van der Waals surface area contributed by atoms with E-state index in [4.69, 9.17) is 4.74 Å². The minimum atomic E-state index is -0.938. The van der Waals surface area contributed by atoms with Crippen molar-refractivity contribution in [1.82, 2.24) is 5.32 Å². The minimum Gasteiger partial charge on any atom is -0.481 e. The first kappa shape index (κ1) is 14.9. The summed E-state index contributed by atoms with van der Waals surface area (Å²) in [6, 6.07) is 3.87. The molecule has 7 heteroatoms. The average molecular weight is 268 g/mol. The van der Waals surface area contributed by atoms with Crippen LogP contribution in [-0.2, 0) is 4.79 Å². The van der Waals surface area contributed by atoms with Gasteiger partial charge >= 0.3 is 0 Å². The Morgan fingerprint density at radius 1 is 1.47 bits per heavy atom. The van der Waals surface area contributed by atoms with Crippen molar-refractivity contribution in [2.45, 2.75) is 26.1 Å². The van der Waals surface area contributed by atoms with Crippen LogP contribution in [0, 0.1) is 10.1 Å². The largest absolute Gasteiger partial charge is 0.481 e. The summed E-state index contributed by atoms with van der Waals surface area (Å²) < 4.78 is 5.40. The number of carbonyl (C=O) groups is 1. The SMILES string of the molecule is CNC(=O)C(C)Oc1ccc([N+](=O)[O-])cc1[C@@H](C)O. The summed E-state index contributed by atoms with van der Waals surface area (Å²) in [5.74, 6) is -0.0772. The number of likely N-dealkylation sites (N-methyl/N-ethyl adjacent to an activating group) is 1. The third-order valence-electron chi connectivity index (χ3n) is 2.57. The second-order valence-corrected chi connectivity index (χ2v) is 4.03. The number of aliphatic hydroxyl groups excluding tert-OH is 1. The van der Waals surface area contributed by atoms with E-state index in [-0.39, 0.29) is 22.9 Å². The fraction of sp³-hybridized carbons (Fsp3) is 0.417. The van der Waals surface area contributed by atoms with Gasteiger partial charge in [-0.25, -0.2) is 0 Å². The number of nitrogens with zero attached hydrogens (tertiary/aromatic N) is 1. The van der Waals surface area contributed by atoms with Gasteiger partial charge in [-0.15, -0.1) is 0 Å². The highest BCUT2D eigenvalue weighted by atomic mass is 16.6. The molecule has 0 spiro atoms. The molecule has 19 heavy (non-hydrogen) atoms. The molecule has 0 aromatic heterocycles. The minimum absolute atomic E-state index is 0.143. The van der Waals surface area contributed by atoms with Crippen LogP contribution < -0.4 is 10.1 Å². The third-order valence-corrected chi connectivity index (χ3v) is 2.57. The smallest absolute Gasteiger partial charge is 0.270 e. The van der Waals surface area contributed by atoms with Crippen LogP contribution in [0.25, 0.3) is 0 Å². The zero-order chi connectivity index (χ0) is 14.6. The molecule has 1 amide bonds. The zero-order valence-corrected chi connectivity index (χ0v) is 10.9. The molecule has 0 aliphatic heterocycles. The summed E-state index contributed by atoms with van der Waals surface area (Å²) in [7, 11) is 1.48. The van der Waals surface area contributed by atoms with Gasteiger partial charge in [0.1, 0.15) is 5.75 Å². The van der Waals surface area contributed by atoms with Gasteiger partial charge in [-0.2, -0.15) is 0 Å². The molecule has 1 rings (SSSR count). The zero-order valence-electron chi connectivity index (χ0n) is 10.9. The Balaban J connectivity index is 3.07. The molecule has 0 aliphatic carbocycles. The lowest BCUT2D eigenvalue weighted by atomic mass is 10.1. The molecule has 1 unspecified atom stereocenters. The molecule has 2 atom stereocenters. The molecular weight excluding hydrogens is 252 g/mol. The van der Waals surface area contributed by atoms with Gasteiger partial charge in [0.25, 0.3) is 11.6 Å². The van der Waals surface area contributed by atoms with Gasteiger partial charge in [-0.3, -0.25) is 14.9 Å². The molecular formula is C12H16N2O5. The van der Waals surface area contributed by atoms with Crippen LogP contribution in [0.3, 0.4) is 0 Å². The van der Waals surface area contributed by atoms with Gasteiger partial charge in [-0.05, 0) is 19.9 Å². The van der Waals surface area contributed by atoms with Crippen molar-refractivity contribution in [3.63, 3.8) is 0 Å². The molecule has 0 aliphatic rings. The monoisotopic (exact) mass is 268 g/mol. The molecule has 7 nitrogen and oxygen atoms in total. The first-order valence-electron chi connectivity index (χ1n) is 5.71. The molecule has 0 bridgehead atoms. The maximum atomic E-state index is 11.4. The first-order valence-corrected chi connectivity index (χ1v) is 5.71. The van der Waals surface area contributed by atoms with E-state index in [0.717, 1.165) is 0 Å². The second kappa shape index (κ2) is 6.14. The number of benzene rings is 1. The summed E-state index contributed by atoms with van der Waals surface area (Å²) in [6.07, 6.45) is -1.70. The van der Waals surface area contributed by atoms with E-state index in [1.165, 1.54) is 32.2 Å². The van der Waals surface area contributed by atoms with Crippen molar-refractivity contribution >= 4 is 11.6 Å². The Morgan fingerprint density at radius 2 is 2.11 bits per heavy atom. The Morgan fingerprint density at radius 3 is 2.58 bits per heavy atom. The fourth-order valence-corrected chi connectivity index (χ4v) is 1.53. The van der Waals surface area contributed by atoms with Crippen LogP contribution in [-0.4, -0.2) is 29.1 Å². The molecule has 0 heterocycles. The van der Waals surface area contributed by atoms with E-state index >= 15 is 0 Å². The van der Waals surface area contributed by atoms with Crippen molar-refractivity contribution in [1.29, 1.82) is 0 Å². The number of rotatable bonds is 5. The maximum absolute atomic E-state index is 11.4. The Kier molecular flexibility index (Phi) is 4.82. The van der Waals surface area contributed by atoms with Crippen LogP contribution in [0.2, 0.25) is 0 Å². The van der Waals surface area contributed by atoms with Crippen molar-refractivity contribution in [3.8, 4) is 5.75 Å². The number of hydrogen-bond donors (Lipinski definition) is 2. The molecule has 0 saturated carbocycles. The van der Waals surface area contributed by atoms with E-state index in [1.54, 1.807) is 6.92 Å². The highest BCUT2D eigenvalue weighted by molar-refractivity contribution is 5.80. The third kappa shape index (κ3) is 3.65. The average Bonchev–Trinajstić information content (AvgIpc) is 2.37. The quantitative estimate of drug-likeness (QED) is 0.616. The molecule has 2 N–H and O–H groups in total. The molecule has 1 aromatic rings. The number of ether oxygens (including phenoxy) is 1. The number of nitrogens with one attached hydrogen (secondary N) is 1. The Labute approximate surface area is 110 Å². The number of nitro groups is 1. The number of aliphatic hydroxyl groups is 1. The van der Waals surface area contributed by atoms with E-state index in [0.29, 0.717) is 0 Å². The Hall–Kier alpha value is -2.15. The first-order chi connectivity index (χ1) is 8.86. The van der Waals surface area contributed by atoms with Crippen LogP contribution in [0.5, 0.6) is 5.75 Å². The van der Waals surface area contributed by atoms with Gasteiger partial charge in [0.05, 0.1) is 11.0 Å². The second-order valence-electron chi connectivity index (χ2n) is 4.03. The summed E-state index contributed by atoms with van der Waals surface area (Å²) >= 11 is 0. The lowest BCUT2D eigenvalue weighted by Gasteiger charge is -2.17. The molecule has 0 fully saturated rings. The molecule has 1 aromatic carbocycles. The van der Waals surface area contributed by atoms with E-state index in [9.17, 15) is 20.0 Å². The summed E-state index contributed by atoms with van der Waals surface area (Å²) in [4.78, 5) is 21.5. The summed E-state index contributed by atoms with van der Waals surface area (Å²) in [5.41, 5.74) is 0.126. The van der Waals surface area contributed by atoms with Gasteiger partial charge in [-0.1, -0.05) is 0 Å².